The Kier molecular flexibility index (Phi) is 14.3. The third-order valence-electron chi connectivity index (χ3n) is 2.20. The molecule has 1 saturated carbocycles. The third kappa shape index (κ3) is 12.0. The van der Waals surface area contributed by atoms with E-state index in [-0.39, 0.29) is 0 Å². The summed E-state index contributed by atoms with van der Waals surface area (Å²) >= 11 is 0. The Morgan fingerprint density at radius 2 is 1.23 bits per heavy atom. The highest BCUT2D eigenvalue weighted by atomic mass is 14.2. The van der Waals surface area contributed by atoms with E-state index in [1.165, 1.54) is 32.1 Å². The minimum absolute atomic E-state index is 1.01. The average Bonchev–Trinajstić information content (AvgIpc) is 2.08. The summed E-state index contributed by atoms with van der Waals surface area (Å²) in [6, 6.07) is 0. The Hall–Kier alpha value is 0. The van der Waals surface area contributed by atoms with Gasteiger partial charge in [0.15, 0.2) is 0 Å². The predicted octanol–water partition coefficient (Wildman–Crippen LogP) is 5.28. The number of rotatable bonds is 0. The predicted molar refractivity (Wildman–Crippen MR) is 64.1 cm³/mol. The lowest BCUT2D eigenvalue weighted by Gasteiger charge is -2.22. The lowest BCUT2D eigenvalue weighted by atomic mass is 9.84. The van der Waals surface area contributed by atoms with Crippen molar-refractivity contribution >= 4 is 0 Å². The SMILES string of the molecule is CC.CC1CCCC(C)C1.CCC. The fourth-order valence-corrected chi connectivity index (χ4v) is 1.74. The van der Waals surface area contributed by atoms with Gasteiger partial charge in [0.1, 0.15) is 0 Å². The third-order valence-corrected chi connectivity index (χ3v) is 2.20. The van der Waals surface area contributed by atoms with Crippen LogP contribution >= 0.6 is 0 Å². The zero-order valence-electron chi connectivity index (χ0n) is 10.7. The fraction of sp³-hybridized carbons (Fsp3) is 1.00. The van der Waals surface area contributed by atoms with Crippen molar-refractivity contribution in [3.63, 3.8) is 0 Å². The topological polar surface area (TPSA) is 0 Å². The second-order valence-corrected chi connectivity index (χ2v) is 4.08. The van der Waals surface area contributed by atoms with Crippen LogP contribution in [0.15, 0.2) is 0 Å². The van der Waals surface area contributed by atoms with Crippen molar-refractivity contribution in [2.45, 2.75) is 73.6 Å². The zero-order chi connectivity index (χ0) is 10.7. The first-order chi connectivity index (χ1) is 6.20. The van der Waals surface area contributed by atoms with Gasteiger partial charge in [0.25, 0.3) is 0 Å². The van der Waals surface area contributed by atoms with Crippen molar-refractivity contribution in [1.29, 1.82) is 0 Å². The van der Waals surface area contributed by atoms with E-state index < -0.39 is 0 Å². The quantitative estimate of drug-likeness (QED) is 0.483. The molecule has 0 heteroatoms. The van der Waals surface area contributed by atoms with Crippen LogP contribution < -0.4 is 0 Å². The second-order valence-electron chi connectivity index (χ2n) is 4.08. The molecule has 2 unspecified atom stereocenters. The van der Waals surface area contributed by atoms with Crippen molar-refractivity contribution in [2.24, 2.45) is 11.8 Å². The molecule has 1 fully saturated rings. The standard InChI is InChI=1S/C8H16.C3H8.C2H6/c1-7-4-3-5-8(2)6-7;1-3-2;1-2/h7-8H,3-6H2,1-2H3;3H2,1-2H3;1-2H3. The maximum Gasteiger partial charge on any atom is -0.0440 e. The van der Waals surface area contributed by atoms with E-state index in [9.17, 15) is 0 Å². The molecule has 0 aromatic carbocycles. The molecule has 82 valence electrons. The van der Waals surface area contributed by atoms with Crippen LogP contribution in [0.1, 0.15) is 73.6 Å². The summed E-state index contributed by atoms with van der Waals surface area (Å²) in [6.07, 6.45) is 7.15. The molecule has 0 saturated heterocycles. The van der Waals surface area contributed by atoms with Gasteiger partial charge in [-0.3, -0.25) is 0 Å². The first-order valence-corrected chi connectivity index (χ1v) is 6.20. The van der Waals surface area contributed by atoms with Crippen molar-refractivity contribution in [3.05, 3.63) is 0 Å². The van der Waals surface area contributed by atoms with Gasteiger partial charge in [0, 0.05) is 0 Å². The molecule has 0 aliphatic heterocycles. The highest BCUT2D eigenvalue weighted by molar-refractivity contribution is 4.66. The monoisotopic (exact) mass is 186 g/mol. The molecule has 1 aliphatic rings. The molecule has 1 aliphatic carbocycles. The first-order valence-electron chi connectivity index (χ1n) is 6.20. The van der Waals surface area contributed by atoms with Crippen molar-refractivity contribution in [3.8, 4) is 0 Å². The molecule has 2 atom stereocenters. The minimum Gasteiger partial charge on any atom is -0.0683 e. The molecule has 0 N–H and O–H groups in total. The maximum absolute atomic E-state index is 2.37. The van der Waals surface area contributed by atoms with Gasteiger partial charge in [0.2, 0.25) is 0 Å². The normalized spacial score (nSPS) is 26.3. The summed E-state index contributed by atoms with van der Waals surface area (Å²) in [5.41, 5.74) is 0. The van der Waals surface area contributed by atoms with E-state index in [1.807, 2.05) is 13.8 Å². The van der Waals surface area contributed by atoms with Gasteiger partial charge in [-0.15, -0.1) is 0 Å². The molecule has 0 aromatic rings. The van der Waals surface area contributed by atoms with Crippen LogP contribution in [0, 0.1) is 11.8 Å². The lowest BCUT2D eigenvalue weighted by molar-refractivity contribution is 0.301. The summed E-state index contributed by atoms with van der Waals surface area (Å²) in [6.45, 7) is 13.0. The molecule has 1 rings (SSSR count). The van der Waals surface area contributed by atoms with Crippen molar-refractivity contribution < 1.29 is 0 Å². The summed E-state index contributed by atoms with van der Waals surface area (Å²) in [5.74, 6) is 2.03. The Bertz CT molecular complexity index is 68.1. The summed E-state index contributed by atoms with van der Waals surface area (Å²) in [4.78, 5) is 0. The zero-order valence-corrected chi connectivity index (χ0v) is 10.7. The summed E-state index contributed by atoms with van der Waals surface area (Å²) in [7, 11) is 0. The molecule has 0 heterocycles. The Balaban J connectivity index is 0. The van der Waals surface area contributed by atoms with Crippen molar-refractivity contribution in [2.75, 3.05) is 0 Å². The van der Waals surface area contributed by atoms with Gasteiger partial charge in [-0.05, 0) is 18.3 Å². The molecule has 0 spiro atoms. The Morgan fingerprint density at radius 3 is 1.38 bits per heavy atom. The van der Waals surface area contributed by atoms with Gasteiger partial charge >= 0.3 is 0 Å². The molecule has 0 radical (unpaired) electrons. The molecular weight excluding hydrogens is 156 g/mol. The molecular formula is C13H30. The smallest absolute Gasteiger partial charge is 0.0440 e. The molecule has 0 bridgehead atoms. The van der Waals surface area contributed by atoms with E-state index in [0.29, 0.717) is 0 Å². The van der Waals surface area contributed by atoms with Crippen LogP contribution in [0.2, 0.25) is 0 Å². The minimum atomic E-state index is 1.01. The largest absolute Gasteiger partial charge is 0.0683 e. The van der Waals surface area contributed by atoms with Crippen molar-refractivity contribution in [1.82, 2.24) is 0 Å². The van der Waals surface area contributed by atoms with Gasteiger partial charge < -0.3 is 0 Å². The van der Waals surface area contributed by atoms with E-state index in [1.54, 1.807) is 0 Å². The second kappa shape index (κ2) is 12.0. The highest BCUT2D eigenvalue weighted by Gasteiger charge is 2.13. The Morgan fingerprint density at radius 1 is 0.923 bits per heavy atom. The highest BCUT2D eigenvalue weighted by Crippen LogP contribution is 2.27. The fourth-order valence-electron chi connectivity index (χ4n) is 1.74. The maximum atomic E-state index is 2.37. The number of hydrogen-bond donors (Lipinski definition) is 0. The first kappa shape index (κ1) is 15.5. The summed E-state index contributed by atoms with van der Waals surface area (Å²) in [5, 5.41) is 0. The molecule has 0 nitrogen and oxygen atoms in total. The van der Waals surface area contributed by atoms with Gasteiger partial charge in [-0.2, -0.15) is 0 Å². The van der Waals surface area contributed by atoms with Gasteiger partial charge in [-0.25, -0.2) is 0 Å². The van der Waals surface area contributed by atoms with E-state index >= 15 is 0 Å². The van der Waals surface area contributed by atoms with Crippen LogP contribution in [-0.2, 0) is 0 Å². The van der Waals surface area contributed by atoms with Crippen LogP contribution in [0.25, 0.3) is 0 Å². The molecule has 0 aromatic heterocycles. The molecule has 13 heavy (non-hydrogen) atoms. The lowest BCUT2D eigenvalue weighted by Crippen LogP contribution is -2.09. The van der Waals surface area contributed by atoms with Gasteiger partial charge in [0.05, 0.1) is 0 Å². The number of hydrogen-bond acceptors (Lipinski definition) is 0. The average molecular weight is 186 g/mol. The Labute approximate surface area is 86.1 Å². The van der Waals surface area contributed by atoms with E-state index in [4.69, 9.17) is 0 Å². The van der Waals surface area contributed by atoms with E-state index in [2.05, 4.69) is 27.7 Å². The van der Waals surface area contributed by atoms with E-state index in [0.717, 1.165) is 11.8 Å². The molecule has 0 amide bonds. The van der Waals surface area contributed by atoms with Crippen LogP contribution in [0.4, 0.5) is 0 Å². The van der Waals surface area contributed by atoms with Crippen LogP contribution in [-0.4, -0.2) is 0 Å². The van der Waals surface area contributed by atoms with Gasteiger partial charge in [-0.1, -0.05) is 67.2 Å². The van der Waals surface area contributed by atoms with Crippen LogP contribution in [0.3, 0.4) is 0 Å². The van der Waals surface area contributed by atoms with Crippen LogP contribution in [0.5, 0.6) is 0 Å². The summed E-state index contributed by atoms with van der Waals surface area (Å²) < 4.78 is 0.